The molecule has 2 fully saturated rings. The van der Waals surface area contributed by atoms with E-state index in [9.17, 15) is 13.5 Å². The number of carbonyl (C=O) groups excluding carboxylic acids is 1. The molecule has 2 N–H and O–H groups in total. The third-order valence-electron chi connectivity index (χ3n) is 9.37. The summed E-state index contributed by atoms with van der Waals surface area (Å²) in [5, 5.41) is 14.9. The molecule has 12 nitrogen and oxygen atoms in total. The number of fused-ring (bicyclic) bond motifs is 1. The van der Waals surface area contributed by atoms with Crippen molar-refractivity contribution < 1.29 is 32.2 Å². The summed E-state index contributed by atoms with van der Waals surface area (Å²) < 4.78 is 46.9. The summed E-state index contributed by atoms with van der Waals surface area (Å²) in [7, 11) is -1.49. The minimum atomic E-state index is -4.48. The smallest absolute Gasteiger partial charge is 0.271 e. The summed E-state index contributed by atoms with van der Waals surface area (Å²) in [5.74, 6) is 0.359. The maximum absolute atomic E-state index is 15.5. The number of anilines is 1. The van der Waals surface area contributed by atoms with Gasteiger partial charge in [-0.15, -0.1) is 0 Å². The second kappa shape index (κ2) is 12.8. The normalized spacial score (nSPS) is 23.4. The predicted molar refractivity (Wildman–Crippen MR) is 178 cm³/mol. The highest BCUT2D eigenvalue weighted by Crippen LogP contribution is 2.57. The summed E-state index contributed by atoms with van der Waals surface area (Å²) in [6.45, 7) is 4.03. The first-order chi connectivity index (χ1) is 23.2. The molecule has 4 heterocycles. The number of ether oxygens (including phenoxy) is 2. The number of sulfonamides is 1. The van der Waals surface area contributed by atoms with Gasteiger partial charge in [-0.05, 0) is 66.6 Å². The van der Waals surface area contributed by atoms with Crippen LogP contribution in [0.1, 0.15) is 35.0 Å². The zero-order valence-corrected chi connectivity index (χ0v) is 28.1. The number of halogens is 1. The lowest BCUT2D eigenvalue weighted by atomic mass is 9.80. The van der Waals surface area contributed by atoms with Crippen LogP contribution in [0.25, 0.3) is 0 Å². The topological polar surface area (TPSA) is 138 Å². The van der Waals surface area contributed by atoms with Crippen molar-refractivity contribution >= 4 is 33.2 Å². The molecule has 3 aliphatic heterocycles. The van der Waals surface area contributed by atoms with E-state index < -0.39 is 33.6 Å². The Morgan fingerprint density at radius 3 is 2.50 bits per heavy atom. The van der Waals surface area contributed by atoms with E-state index in [1.54, 1.807) is 29.2 Å². The van der Waals surface area contributed by atoms with Crippen molar-refractivity contribution in [2.24, 2.45) is 0 Å². The number of hydrogen-bond acceptors (Lipinski definition) is 11. The monoisotopic (exact) mass is 693 g/mol. The molecule has 3 aliphatic rings. The number of aliphatic hydroxyl groups is 1. The van der Waals surface area contributed by atoms with Crippen molar-refractivity contribution in [1.29, 1.82) is 0 Å². The number of benzene rings is 3. The maximum Gasteiger partial charge on any atom is 0.271 e. The number of rotatable bonds is 9. The molecule has 1 aromatic heterocycles. The second-order valence-corrected chi connectivity index (χ2v) is 14.3. The van der Waals surface area contributed by atoms with Crippen LogP contribution in [0, 0.1) is 0 Å². The Kier molecular flexibility index (Phi) is 8.69. The Morgan fingerprint density at radius 1 is 1.04 bits per heavy atom. The number of aromatic nitrogens is 1. The maximum atomic E-state index is 15.5. The molecular weight excluding hydrogens is 658 g/mol. The summed E-state index contributed by atoms with van der Waals surface area (Å²) in [6.07, 6.45) is 2.25. The molecule has 7 rings (SSSR count). The fourth-order valence-electron chi connectivity index (χ4n) is 7.21. The van der Waals surface area contributed by atoms with Gasteiger partial charge in [0.25, 0.3) is 15.9 Å². The Hall–Kier alpha value is -3.98. The lowest BCUT2D eigenvalue weighted by Crippen LogP contribution is -2.55. The first-order valence-corrected chi connectivity index (χ1v) is 17.5. The van der Waals surface area contributed by atoms with Crippen LogP contribution in [0.3, 0.4) is 0 Å². The zero-order chi connectivity index (χ0) is 33.6. The standard InChI is InChI=1S/C34H36ClN5O7S/c1-45-25-5-7-26(8-6-25)48(43,44)40-29-9-4-23(35)18-27(29)34(33(40)42,39-21-24(41)19-30(39)32-37-13-16-47-32)28-17-22(3-10-31(28)46-2)20-38-14-11-36-12-15-38/h3-10,13,16-18,24,30,36,41H,11-12,14-15,19-21H2,1-2H3/t24-,30+,34?/m1/s1. The molecule has 0 saturated carbocycles. The number of amides is 1. The molecule has 1 amide bonds. The fourth-order valence-corrected chi connectivity index (χ4v) is 8.84. The van der Waals surface area contributed by atoms with E-state index >= 15 is 4.79 Å². The van der Waals surface area contributed by atoms with Gasteiger partial charge in [0.15, 0.2) is 5.54 Å². The van der Waals surface area contributed by atoms with E-state index in [1.165, 1.54) is 50.9 Å². The van der Waals surface area contributed by atoms with Gasteiger partial charge in [-0.25, -0.2) is 17.7 Å². The van der Waals surface area contributed by atoms with E-state index in [0.717, 1.165) is 36.0 Å². The van der Waals surface area contributed by atoms with Gasteiger partial charge in [-0.1, -0.05) is 17.7 Å². The molecule has 14 heteroatoms. The van der Waals surface area contributed by atoms with E-state index in [-0.39, 0.29) is 29.4 Å². The molecule has 0 spiro atoms. The number of aliphatic hydroxyl groups excluding tert-OH is 1. The van der Waals surface area contributed by atoms with Crippen LogP contribution in [0.5, 0.6) is 11.5 Å². The number of nitrogens with one attached hydrogen (secondary N) is 1. The minimum Gasteiger partial charge on any atom is -0.497 e. The molecule has 1 unspecified atom stereocenters. The van der Waals surface area contributed by atoms with E-state index in [2.05, 4.69) is 15.2 Å². The van der Waals surface area contributed by atoms with Crippen LogP contribution in [0.15, 0.2) is 82.4 Å². The van der Waals surface area contributed by atoms with Crippen molar-refractivity contribution in [1.82, 2.24) is 20.1 Å². The molecule has 3 atom stereocenters. The van der Waals surface area contributed by atoms with Crippen LogP contribution >= 0.6 is 11.6 Å². The van der Waals surface area contributed by atoms with Crippen LogP contribution in [-0.2, 0) is 26.9 Å². The lowest BCUT2D eigenvalue weighted by Gasteiger charge is -2.41. The highest BCUT2D eigenvalue weighted by atomic mass is 35.5. The van der Waals surface area contributed by atoms with Crippen LogP contribution < -0.4 is 19.1 Å². The van der Waals surface area contributed by atoms with Gasteiger partial charge in [0.1, 0.15) is 17.8 Å². The van der Waals surface area contributed by atoms with Crippen molar-refractivity contribution in [2.75, 3.05) is 51.2 Å². The number of nitrogens with zero attached hydrogens (tertiary/aromatic N) is 4. The highest BCUT2D eigenvalue weighted by molar-refractivity contribution is 7.93. The van der Waals surface area contributed by atoms with E-state index in [1.807, 2.05) is 12.1 Å². The van der Waals surface area contributed by atoms with Gasteiger partial charge in [0.2, 0.25) is 5.89 Å². The molecule has 3 aromatic carbocycles. The Balaban J connectivity index is 1.49. The molecule has 0 bridgehead atoms. The predicted octanol–water partition coefficient (Wildman–Crippen LogP) is 3.54. The average molecular weight is 694 g/mol. The van der Waals surface area contributed by atoms with Gasteiger partial charge in [-0.3, -0.25) is 14.6 Å². The Morgan fingerprint density at radius 2 is 1.81 bits per heavy atom. The molecule has 252 valence electrons. The number of oxazole rings is 1. The van der Waals surface area contributed by atoms with Gasteiger partial charge in [0, 0.05) is 55.4 Å². The minimum absolute atomic E-state index is 0.00629. The van der Waals surface area contributed by atoms with Gasteiger partial charge >= 0.3 is 0 Å². The van der Waals surface area contributed by atoms with Crippen LogP contribution in [0.4, 0.5) is 5.69 Å². The van der Waals surface area contributed by atoms with Gasteiger partial charge in [0.05, 0.1) is 43.1 Å². The average Bonchev–Trinajstić information content (AvgIpc) is 3.82. The van der Waals surface area contributed by atoms with E-state index in [4.69, 9.17) is 25.5 Å². The quantitative estimate of drug-likeness (QED) is 0.266. The largest absolute Gasteiger partial charge is 0.497 e. The zero-order valence-electron chi connectivity index (χ0n) is 26.5. The van der Waals surface area contributed by atoms with Gasteiger partial charge < -0.3 is 24.3 Å². The summed E-state index contributed by atoms with van der Waals surface area (Å²) in [5.41, 5.74) is -0.0273. The molecule has 2 saturated heterocycles. The van der Waals surface area contributed by atoms with Crippen LogP contribution in [-0.4, -0.2) is 87.3 Å². The van der Waals surface area contributed by atoms with Crippen LogP contribution in [0.2, 0.25) is 5.02 Å². The summed E-state index contributed by atoms with van der Waals surface area (Å²) in [6, 6.07) is 15.6. The van der Waals surface area contributed by atoms with Crippen molar-refractivity contribution in [3.8, 4) is 11.5 Å². The molecule has 48 heavy (non-hydrogen) atoms. The first kappa shape index (κ1) is 32.6. The number of piperazine rings is 1. The van der Waals surface area contributed by atoms with Crippen molar-refractivity contribution in [3.05, 3.63) is 101 Å². The molecule has 0 radical (unpaired) electrons. The molecule has 4 aromatic rings. The first-order valence-electron chi connectivity index (χ1n) is 15.7. The summed E-state index contributed by atoms with van der Waals surface area (Å²) >= 11 is 6.67. The van der Waals surface area contributed by atoms with E-state index in [0.29, 0.717) is 34.2 Å². The number of likely N-dealkylation sites (tertiary alicyclic amines) is 1. The summed E-state index contributed by atoms with van der Waals surface area (Å²) in [4.78, 5) is 24.0. The molecule has 0 aliphatic carbocycles. The van der Waals surface area contributed by atoms with Gasteiger partial charge in [-0.2, -0.15) is 0 Å². The Bertz CT molecular complexity index is 1920. The third kappa shape index (κ3) is 5.34. The SMILES string of the molecule is COc1ccc(S(=O)(=O)N2C(=O)C(c3cc(CN4CCNCC4)ccc3OC)(N3C[C@H](O)C[C@H]3c3ncco3)c3cc(Cl)ccc32)cc1. The second-order valence-electron chi connectivity index (χ2n) is 12.1. The molecular formula is C34H36ClN5O7S. The number of methoxy groups -OCH3 is 2. The number of hydrogen-bond donors (Lipinski definition) is 2. The third-order valence-corrected chi connectivity index (χ3v) is 11.3. The Labute approximate surface area is 283 Å². The number of carbonyl (C=O) groups is 1. The lowest BCUT2D eigenvalue weighted by molar-refractivity contribution is -0.127. The highest BCUT2D eigenvalue weighted by Gasteiger charge is 2.63. The van der Waals surface area contributed by atoms with Crippen molar-refractivity contribution in [2.45, 2.75) is 35.5 Å². The fraction of sp³-hybridized carbons (Fsp3) is 0.353. The van der Waals surface area contributed by atoms with Crippen molar-refractivity contribution in [3.63, 3.8) is 0 Å². The number of β-amino-alcohol motifs (C(OH)–C–C–N with tert-alkyl or cyclic N) is 1.